The number of hydrogen-bond acceptors (Lipinski definition) is 5. The summed E-state index contributed by atoms with van der Waals surface area (Å²) >= 11 is 0. The number of aliphatic carboxylic acids is 1. The Kier molecular flexibility index (Phi) is 16.1. The van der Waals surface area contributed by atoms with Gasteiger partial charge < -0.3 is 20.3 Å². The SMILES string of the molecule is C=CCCCCCC([O-])=NCCN(CC(=O)O)CC(C)O.[Li+]. The molecule has 0 fully saturated rings. The fourth-order valence-corrected chi connectivity index (χ4v) is 1.94. The van der Waals surface area contributed by atoms with Crippen LogP contribution in [-0.2, 0) is 4.79 Å². The minimum absolute atomic E-state index is 0. The van der Waals surface area contributed by atoms with Crippen LogP contribution in [0.3, 0.4) is 0 Å². The van der Waals surface area contributed by atoms with Gasteiger partial charge in [-0.05, 0) is 38.5 Å². The molecule has 0 bridgehead atoms. The zero-order valence-electron chi connectivity index (χ0n) is 13.8. The average molecular weight is 306 g/mol. The summed E-state index contributed by atoms with van der Waals surface area (Å²) in [6, 6.07) is 0. The first-order chi connectivity index (χ1) is 9.95. The van der Waals surface area contributed by atoms with Crippen LogP contribution in [0.1, 0.15) is 39.0 Å². The Morgan fingerprint density at radius 2 is 2.09 bits per heavy atom. The molecule has 22 heavy (non-hydrogen) atoms. The molecule has 1 atom stereocenters. The maximum atomic E-state index is 11.5. The number of allylic oxidation sites excluding steroid dienone is 1. The predicted molar refractivity (Wildman–Crippen MR) is 81.3 cm³/mol. The molecule has 0 heterocycles. The van der Waals surface area contributed by atoms with Crippen molar-refractivity contribution in [2.24, 2.45) is 4.99 Å². The van der Waals surface area contributed by atoms with Gasteiger partial charge in [-0.3, -0.25) is 9.69 Å². The third kappa shape index (κ3) is 15.6. The summed E-state index contributed by atoms with van der Waals surface area (Å²) in [5.41, 5.74) is 0. The zero-order chi connectivity index (χ0) is 16.1. The van der Waals surface area contributed by atoms with Crippen LogP contribution >= 0.6 is 0 Å². The second kappa shape index (κ2) is 15.1. The number of hydrogen-bond donors (Lipinski definition) is 2. The summed E-state index contributed by atoms with van der Waals surface area (Å²) in [6.45, 7) is 5.97. The van der Waals surface area contributed by atoms with Crippen LogP contribution in [0.5, 0.6) is 0 Å². The fraction of sp³-hybridized carbons (Fsp3) is 0.733. The third-order valence-electron chi connectivity index (χ3n) is 2.88. The van der Waals surface area contributed by atoms with E-state index in [0.29, 0.717) is 13.0 Å². The Hall–Kier alpha value is -0.803. The van der Waals surface area contributed by atoms with Crippen molar-refractivity contribution < 1.29 is 39.0 Å². The van der Waals surface area contributed by atoms with Gasteiger partial charge in [-0.2, -0.15) is 0 Å². The molecule has 0 saturated heterocycles. The number of unbranched alkanes of at least 4 members (excludes halogenated alkanes) is 3. The molecule has 0 aliphatic heterocycles. The summed E-state index contributed by atoms with van der Waals surface area (Å²) in [6.07, 6.45) is 5.51. The second-order valence-corrected chi connectivity index (χ2v) is 5.14. The van der Waals surface area contributed by atoms with Crippen molar-refractivity contribution in [2.75, 3.05) is 26.2 Å². The van der Waals surface area contributed by atoms with Crippen LogP contribution < -0.4 is 24.0 Å². The maximum Gasteiger partial charge on any atom is 1.00 e. The van der Waals surface area contributed by atoms with Crippen LogP contribution in [0.25, 0.3) is 0 Å². The van der Waals surface area contributed by atoms with Crippen LogP contribution in [0.4, 0.5) is 0 Å². The van der Waals surface area contributed by atoms with Gasteiger partial charge in [0.15, 0.2) is 0 Å². The topological polar surface area (TPSA) is 96.2 Å². The number of aliphatic hydroxyl groups excluding tert-OH is 1. The fourth-order valence-electron chi connectivity index (χ4n) is 1.94. The van der Waals surface area contributed by atoms with Gasteiger partial charge >= 0.3 is 24.8 Å². The molecule has 0 aromatic rings. The molecule has 0 spiro atoms. The molecule has 7 heteroatoms. The van der Waals surface area contributed by atoms with Crippen molar-refractivity contribution in [3.8, 4) is 0 Å². The number of aliphatic imine (C=N–C) groups is 1. The van der Waals surface area contributed by atoms with Gasteiger partial charge in [0.25, 0.3) is 0 Å². The van der Waals surface area contributed by atoms with Crippen LogP contribution in [0.15, 0.2) is 17.6 Å². The molecule has 0 aromatic carbocycles. The molecule has 0 aromatic heterocycles. The summed E-state index contributed by atoms with van der Waals surface area (Å²) in [5, 5.41) is 29.6. The quantitative estimate of drug-likeness (QED) is 0.131. The van der Waals surface area contributed by atoms with Crippen molar-refractivity contribution in [2.45, 2.75) is 45.1 Å². The first-order valence-corrected chi connectivity index (χ1v) is 7.39. The minimum atomic E-state index is -0.954. The van der Waals surface area contributed by atoms with E-state index in [1.54, 1.807) is 11.8 Å². The van der Waals surface area contributed by atoms with Crippen molar-refractivity contribution in [1.29, 1.82) is 0 Å². The number of rotatable bonds is 13. The van der Waals surface area contributed by atoms with Crippen molar-refractivity contribution >= 4 is 11.9 Å². The van der Waals surface area contributed by atoms with Gasteiger partial charge in [-0.15, -0.1) is 6.58 Å². The largest absolute Gasteiger partial charge is 1.00 e. The number of carbonyl (C=O) groups is 1. The Bertz CT molecular complexity index is 336. The van der Waals surface area contributed by atoms with Gasteiger partial charge in [-0.1, -0.05) is 12.5 Å². The Balaban J connectivity index is 0. The normalized spacial score (nSPS) is 12.8. The van der Waals surface area contributed by atoms with Crippen molar-refractivity contribution in [3.05, 3.63) is 12.7 Å². The van der Waals surface area contributed by atoms with E-state index in [1.807, 2.05) is 6.08 Å². The summed E-state index contributed by atoms with van der Waals surface area (Å²) < 4.78 is 0. The van der Waals surface area contributed by atoms with Crippen LogP contribution in [0, 0.1) is 0 Å². The molecular formula is C15H27LiN2O4. The standard InChI is InChI=1S/C15H28N2O4.Li/c1-3-4-5-6-7-8-14(19)16-9-10-17(11-13(2)18)12-15(20)21;/h3,13,18H,1,4-12H2,2H3,(H,16,19)(H,20,21);/q;+1/p-1. The molecule has 0 aliphatic carbocycles. The smallest absolute Gasteiger partial charge is 0.862 e. The van der Waals surface area contributed by atoms with Crippen LogP contribution in [0.2, 0.25) is 0 Å². The number of carboxylic acid groups (broad SMARTS) is 1. The summed E-state index contributed by atoms with van der Waals surface area (Å²) in [5.74, 6) is -1.09. The van der Waals surface area contributed by atoms with Gasteiger partial charge in [0, 0.05) is 13.1 Å². The zero-order valence-corrected chi connectivity index (χ0v) is 13.8. The Morgan fingerprint density at radius 1 is 1.41 bits per heavy atom. The maximum absolute atomic E-state index is 11.5. The molecular weight excluding hydrogens is 279 g/mol. The molecule has 1 unspecified atom stereocenters. The number of aliphatic hydroxyl groups is 1. The van der Waals surface area contributed by atoms with Crippen LogP contribution in [-0.4, -0.2) is 59.3 Å². The molecule has 0 aliphatic rings. The first-order valence-electron chi connectivity index (χ1n) is 7.39. The summed E-state index contributed by atoms with van der Waals surface area (Å²) in [4.78, 5) is 16.2. The second-order valence-electron chi connectivity index (χ2n) is 5.14. The average Bonchev–Trinajstić information content (AvgIpc) is 2.37. The molecule has 0 radical (unpaired) electrons. The molecule has 122 valence electrons. The molecule has 6 nitrogen and oxygen atoms in total. The molecule has 2 N–H and O–H groups in total. The van der Waals surface area contributed by atoms with Gasteiger partial charge in [0.05, 0.1) is 19.2 Å². The Labute approximate surface area is 145 Å². The minimum Gasteiger partial charge on any atom is -0.862 e. The van der Waals surface area contributed by atoms with E-state index in [0.717, 1.165) is 25.7 Å². The predicted octanol–water partition coefficient (Wildman–Crippen LogP) is -2.35. The van der Waals surface area contributed by atoms with E-state index in [1.165, 1.54) is 0 Å². The van der Waals surface area contributed by atoms with E-state index >= 15 is 0 Å². The first kappa shape index (κ1) is 23.5. The molecule has 0 saturated carbocycles. The van der Waals surface area contributed by atoms with Gasteiger partial charge in [0.1, 0.15) is 0 Å². The van der Waals surface area contributed by atoms with Gasteiger partial charge in [0.2, 0.25) is 0 Å². The molecule has 0 rings (SSSR count). The Morgan fingerprint density at radius 3 is 2.64 bits per heavy atom. The van der Waals surface area contributed by atoms with Crippen molar-refractivity contribution in [3.63, 3.8) is 0 Å². The van der Waals surface area contributed by atoms with Gasteiger partial charge in [-0.25, -0.2) is 0 Å². The van der Waals surface area contributed by atoms with E-state index in [9.17, 15) is 15.0 Å². The number of nitrogens with zero attached hydrogens (tertiary/aromatic N) is 2. The van der Waals surface area contributed by atoms with E-state index in [-0.39, 0.29) is 44.4 Å². The van der Waals surface area contributed by atoms with E-state index < -0.39 is 12.1 Å². The van der Waals surface area contributed by atoms with E-state index in [4.69, 9.17) is 5.11 Å². The number of carboxylic acids is 1. The van der Waals surface area contributed by atoms with Crippen molar-refractivity contribution in [1.82, 2.24) is 4.90 Å². The summed E-state index contributed by atoms with van der Waals surface area (Å²) in [7, 11) is 0. The third-order valence-corrected chi connectivity index (χ3v) is 2.88. The van der Waals surface area contributed by atoms with E-state index in [2.05, 4.69) is 11.6 Å². The molecule has 0 amide bonds. The monoisotopic (exact) mass is 306 g/mol.